The Kier molecular flexibility index (Phi) is 5.10. The van der Waals surface area contributed by atoms with E-state index >= 15 is 0 Å². The van der Waals surface area contributed by atoms with Crippen molar-refractivity contribution in [3.05, 3.63) is 35.8 Å². The second-order valence-electron chi connectivity index (χ2n) is 5.61. The summed E-state index contributed by atoms with van der Waals surface area (Å²) in [5.74, 6) is 0. The van der Waals surface area contributed by atoms with Crippen LogP contribution in [-0.2, 0) is 6.54 Å². The van der Waals surface area contributed by atoms with Crippen molar-refractivity contribution in [2.24, 2.45) is 0 Å². The van der Waals surface area contributed by atoms with Crippen LogP contribution in [0, 0.1) is 6.92 Å². The molecule has 2 aromatic heterocycles. The molecule has 0 unspecified atom stereocenters. The van der Waals surface area contributed by atoms with Gasteiger partial charge in [-0.1, -0.05) is 6.07 Å². The summed E-state index contributed by atoms with van der Waals surface area (Å²) in [6, 6.07) is 4.18. The van der Waals surface area contributed by atoms with Gasteiger partial charge in [0.2, 0.25) is 0 Å². The standard InChI is InChI=1S/C15H22IN5/c1-13-2-3-15-18-11-14(21(15)12-13)10-17-4-5-19-6-8-20(16)9-7-19/h2-3,11-12,17H,4-10H2,1H3. The molecule has 114 valence electrons. The van der Waals surface area contributed by atoms with Crippen molar-refractivity contribution in [3.63, 3.8) is 0 Å². The molecule has 0 aliphatic carbocycles. The van der Waals surface area contributed by atoms with Gasteiger partial charge < -0.3 is 9.72 Å². The number of aryl methyl sites for hydroxylation is 1. The molecule has 0 atom stereocenters. The molecule has 0 saturated carbocycles. The molecule has 1 fully saturated rings. The van der Waals surface area contributed by atoms with Crippen molar-refractivity contribution < 1.29 is 0 Å². The van der Waals surface area contributed by atoms with Gasteiger partial charge in [0.15, 0.2) is 0 Å². The minimum absolute atomic E-state index is 0.872. The van der Waals surface area contributed by atoms with Gasteiger partial charge in [0.25, 0.3) is 0 Å². The van der Waals surface area contributed by atoms with Crippen LogP contribution in [0.15, 0.2) is 24.5 Å². The molecule has 3 rings (SSSR count). The average molecular weight is 399 g/mol. The molecule has 1 N–H and O–H groups in total. The lowest BCUT2D eigenvalue weighted by molar-refractivity contribution is 0.206. The number of rotatable bonds is 5. The number of piperazine rings is 1. The third kappa shape index (κ3) is 3.94. The number of nitrogens with zero attached hydrogens (tertiary/aromatic N) is 4. The molecular formula is C15H22IN5. The van der Waals surface area contributed by atoms with Crippen LogP contribution in [0.4, 0.5) is 0 Å². The maximum Gasteiger partial charge on any atom is 0.136 e. The number of fused-ring (bicyclic) bond motifs is 1. The molecule has 0 bridgehead atoms. The third-order valence-electron chi connectivity index (χ3n) is 3.96. The van der Waals surface area contributed by atoms with Crippen LogP contribution in [0.2, 0.25) is 0 Å². The first-order valence-corrected chi connectivity index (χ1v) is 8.45. The van der Waals surface area contributed by atoms with Gasteiger partial charge in [0.05, 0.1) is 11.9 Å². The average Bonchev–Trinajstić information content (AvgIpc) is 2.88. The minimum Gasteiger partial charge on any atom is -0.310 e. The van der Waals surface area contributed by atoms with Gasteiger partial charge in [-0.15, -0.1) is 0 Å². The van der Waals surface area contributed by atoms with Crippen molar-refractivity contribution in [1.82, 2.24) is 22.7 Å². The van der Waals surface area contributed by atoms with Crippen LogP contribution in [0.5, 0.6) is 0 Å². The van der Waals surface area contributed by atoms with Crippen LogP contribution in [0.25, 0.3) is 5.65 Å². The fourth-order valence-corrected chi connectivity index (χ4v) is 3.10. The lowest BCUT2D eigenvalue weighted by Gasteiger charge is -2.31. The summed E-state index contributed by atoms with van der Waals surface area (Å²) in [7, 11) is 0. The molecular weight excluding hydrogens is 377 g/mol. The molecule has 1 saturated heterocycles. The number of hydrogen-bond acceptors (Lipinski definition) is 4. The van der Waals surface area contributed by atoms with E-state index in [0.29, 0.717) is 0 Å². The molecule has 0 amide bonds. The summed E-state index contributed by atoms with van der Waals surface area (Å²) in [6.45, 7) is 9.85. The van der Waals surface area contributed by atoms with E-state index in [1.54, 1.807) is 0 Å². The van der Waals surface area contributed by atoms with Crippen LogP contribution in [0.1, 0.15) is 11.3 Å². The Morgan fingerprint density at radius 2 is 2.05 bits per heavy atom. The highest BCUT2D eigenvalue weighted by Crippen LogP contribution is 2.09. The van der Waals surface area contributed by atoms with E-state index < -0.39 is 0 Å². The monoisotopic (exact) mass is 399 g/mol. The van der Waals surface area contributed by atoms with Crippen molar-refractivity contribution in [2.45, 2.75) is 13.5 Å². The fourth-order valence-electron chi connectivity index (χ4n) is 2.67. The van der Waals surface area contributed by atoms with Crippen LogP contribution >= 0.6 is 22.9 Å². The van der Waals surface area contributed by atoms with Gasteiger partial charge in [-0.05, 0) is 18.6 Å². The molecule has 2 aromatic rings. The molecule has 1 aliphatic heterocycles. The Bertz CT molecular complexity index is 589. The maximum atomic E-state index is 4.44. The van der Waals surface area contributed by atoms with Crippen LogP contribution in [0.3, 0.4) is 0 Å². The van der Waals surface area contributed by atoms with E-state index in [2.05, 4.69) is 70.8 Å². The van der Waals surface area contributed by atoms with Gasteiger partial charge in [0.1, 0.15) is 5.65 Å². The Morgan fingerprint density at radius 1 is 1.24 bits per heavy atom. The highest BCUT2D eigenvalue weighted by Gasteiger charge is 2.13. The summed E-state index contributed by atoms with van der Waals surface area (Å²) in [4.78, 5) is 6.97. The van der Waals surface area contributed by atoms with E-state index in [1.807, 2.05) is 6.20 Å². The molecule has 1 aliphatic rings. The number of aromatic nitrogens is 2. The second kappa shape index (κ2) is 7.04. The Balaban J connectivity index is 1.47. The van der Waals surface area contributed by atoms with E-state index in [1.165, 1.54) is 37.4 Å². The molecule has 0 spiro atoms. The normalized spacial score (nSPS) is 17.6. The van der Waals surface area contributed by atoms with Gasteiger partial charge in [-0.3, -0.25) is 4.90 Å². The van der Waals surface area contributed by atoms with E-state index in [0.717, 1.165) is 25.3 Å². The molecule has 21 heavy (non-hydrogen) atoms. The maximum absolute atomic E-state index is 4.44. The van der Waals surface area contributed by atoms with Crippen LogP contribution < -0.4 is 5.32 Å². The SMILES string of the molecule is Cc1ccc2ncc(CNCCN3CCN(I)CC3)n2c1. The summed E-state index contributed by atoms with van der Waals surface area (Å²) in [6.07, 6.45) is 4.12. The predicted molar refractivity (Wildman–Crippen MR) is 93.7 cm³/mol. The third-order valence-corrected chi connectivity index (χ3v) is 4.92. The molecule has 5 nitrogen and oxygen atoms in total. The smallest absolute Gasteiger partial charge is 0.136 e. The molecule has 0 aromatic carbocycles. The zero-order chi connectivity index (χ0) is 14.7. The largest absolute Gasteiger partial charge is 0.310 e. The van der Waals surface area contributed by atoms with E-state index in [9.17, 15) is 0 Å². The summed E-state index contributed by atoms with van der Waals surface area (Å²) in [5, 5.41) is 3.54. The van der Waals surface area contributed by atoms with Crippen molar-refractivity contribution in [1.29, 1.82) is 0 Å². The lowest BCUT2D eigenvalue weighted by Crippen LogP contribution is -2.44. The lowest BCUT2D eigenvalue weighted by atomic mass is 10.3. The molecule has 6 heteroatoms. The topological polar surface area (TPSA) is 35.8 Å². The first-order valence-electron chi connectivity index (χ1n) is 7.49. The predicted octanol–water partition coefficient (Wildman–Crippen LogP) is 1.70. The van der Waals surface area contributed by atoms with Crippen molar-refractivity contribution >= 4 is 28.5 Å². The van der Waals surface area contributed by atoms with Crippen LogP contribution in [-0.4, -0.2) is 56.7 Å². The number of nitrogens with one attached hydrogen (secondary N) is 1. The van der Waals surface area contributed by atoms with Gasteiger partial charge in [0, 0.05) is 74.9 Å². The number of pyridine rings is 1. The number of hydrogen-bond donors (Lipinski definition) is 1. The van der Waals surface area contributed by atoms with E-state index in [-0.39, 0.29) is 0 Å². The zero-order valence-electron chi connectivity index (χ0n) is 12.4. The van der Waals surface area contributed by atoms with Gasteiger partial charge in [-0.2, -0.15) is 0 Å². The zero-order valence-corrected chi connectivity index (χ0v) is 14.6. The van der Waals surface area contributed by atoms with Crippen molar-refractivity contribution in [2.75, 3.05) is 39.3 Å². The summed E-state index contributed by atoms with van der Waals surface area (Å²) >= 11 is 2.41. The van der Waals surface area contributed by atoms with Crippen molar-refractivity contribution in [3.8, 4) is 0 Å². The summed E-state index contributed by atoms with van der Waals surface area (Å²) < 4.78 is 4.54. The first-order chi connectivity index (χ1) is 10.2. The highest BCUT2D eigenvalue weighted by molar-refractivity contribution is 14.1. The Labute approximate surface area is 139 Å². The number of halogens is 1. The first kappa shape index (κ1) is 15.2. The van der Waals surface area contributed by atoms with Gasteiger partial charge >= 0.3 is 0 Å². The summed E-state index contributed by atoms with van der Waals surface area (Å²) in [5.41, 5.74) is 3.51. The molecule has 3 heterocycles. The Morgan fingerprint density at radius 3 is 2.86 bits per heavy atom. The quantitative estimate of drug-likeness (QED) is 0.472. The number of imidazole rings is 1. The fraction of sp³-hybridized carbons (Fsp3) is 0.533. The molecule has 0 radical (unpaired) electrons. The second-order valence-corrected chi connectivity index (χ2v) is 6.98. The Hall–Kier alpha value is -0.700. The minimum atomic E-state index is 0.872. The van der Waals surface area contributed by atoms with E-state index in [4.69, 9.17) is 0 Å². The highest BCUT2D eigenvalue weighted by atomic mass is 127. The van der Waals surface area contributed by atoms with Gasteiger partial charge in [-0.25, -0.2) is 8.10 Å².